The molecule has 28 heavy (non-hydrogen) atoms. The molecule has 0 saturated carbocycles. The topological polar surface area (TPSA) is 131 Å². The third-order valence-corrected chi connectivity index (χ3v) is 3.74. The number of carbonyl (C=O) groups is 2. The smallest absolute Gasteiger partial charge is 0.339 e. The zero-order valence-corrected chi connectivity index (χ0v) is 14.1. The summed E-state index contributed by atoms with van der Waals surface area (Å²) in [7, 11) is 0. The first kappa shape index (κ1) is 18.7. The zero-order valence-electron chi connectivity index (χ0n) is 14.1. The van der Waals surface area contributed by atoms with Crippen molar-refractivity contribution in [3.05, 3.63) is 80.4 Å². The van der Waals surface area contributed by atoms with E-state index in [9.17, 15) is 28.9 Å². The number of nitrogens with zero attached hydrogens (tertiary/aromatic N) is 1. The molecule has 0 fully saturated rings. The highest BCUT2D eigenvalue weighted by Crippen LogP contribution is 2.21. The fraction of sp³-hybridized carbons (Fsp3) is 0.0556. The summed E-state index contributed by atoms with van der Waals surface area (Å²) in [5.74, 6) is -2.70. The fourth-order valence-electron chi connectivity index (χ4n) is 2.49. The molecule has 0 unspecified atom stereocenters. The van der Waals surface area contributed by atoms with E-state index in [-0.39, 0.29) is 5.56 Å². The van der Waals surface area contributed by atoms with Crippen LogP contribution in [0.15, 0.2) is 53.3 Å². The number of pyridine rings is 1. The Morgan fingerprint density at radius 2 is 1.93 bits per heavy atom. The van der Waals surface area contributed by atoms with Crippen molar-refractivity contribution < 1.29 is 23.6 Å². The molecular weight excluding hydrogens is 373 g/mol. The van der Waals surface area contributed by atoms with Crippen LogP contribution in [-0.2, 0) is 9.53 Å². The minimum atomic E-state index is -0.919. The second-order valence-electron chi connectivity index (χ2n) is 5.64. The quantitative estimate of drug-likeness (QED) is 0.394. The molecule has 0 aliphatic heterocycles. The third kappa shape index (κ3) is 4.01. The number of benzene rings is 2. The van der Waals surface area contributed by atoms with Gasteiger partial charge < -0.3 is 15.0 Å². The lowest BCUT2D eigenvalue weighted by Crippen LogP contribution is -2.22. The third-order valence-electron chi connectivity index (χ3n) is 3.74. The molecule has 1 amide bonds. The van der Waals surface area contributed by atoms with Gasteiger partial charge in [0.05, 0.1) is 16.2 Å². The maximum atomic E-state index is 13.7. The summed E-state index contributed by atoms with van der Waals surface area (Å²) < 4.78 is 18.6. The predicted molar refractivity (Wildman–Crippen MR) is 96.5 cm³/mol. The van der Waals surface area contributed by atoms with E-state index in [4.69, 9.17) is 4.74 Å². The van der Waals surface area contributed by atoms with Gasteiger partial charge in [0.15, 0.2) is 6.61 Å². The number of H-pyrrole nitrogens is 1. The van der Waals surface area contributed by atoms with Gasteiger partial charge in [-0.05, 0) is 12.1 Å². The normalized spacial score (nSPS) is 10.5. The molecular formula is C18H12FN3O6. The van der Waals surface area contributed by atoms with Crippen LogP contribution in [0.1, 0.15) is 10.4 Å². The Kier molecular flexibility index (Phi) is 5.12. The van der Waals surface area contributed by atoms with E-state index < -0.39 is 46.2 Å². The Morgan fingerprint density at radius 1 is 1.18 bits per heavy atom. The SMILES string of the molecule is O=C(COC(=O)c1cc(=O)[nH]c2ccccc12)Nc1cc([N+](=O)[O-])ccc1F. The Labute approximate surface area is 155 Å². The van der Waals surface area contributed by atoms with Gasteiger partial charge in [-0.15, -0.1) is 0 Å². The van der Waals surface area contributed by atoms with Crippen LogP contribution in [0.5, 0.6) is 0 Å². The number of fused-ring (bicyclic) bond motifs is 1. The highest BCUT2D eigenvalue weighted by Gasteiger charge is 2.17. The van der Waals surface area contributed by atoms with Crippen molar-refractivity contribution >= 4 is 34.2 Å². The number of hydrogen-bond acceptors (Lipinski definition) is 6. The summed E-state index contributed by atoms with van der Waals surface area (Å²) in [5, 5.41) is 13.3. The first-order valence-electron chi connectivity index (χ1n) is 7.88. The number of nitrogens with one attached hydrogen (secondary N) is 2. The molecule has 3 rings (SSSR count). The van der Waals surface area contributed by atoms with E-state index in [1.54, 1.807) is 24.3 Å². The molecule has 0 spiro atoms. The fourth-order valence-corrected chi connectivity index (χ4v) is 2.49. The number of hydrogen-bond donors (Lipinski definition) is 2. The molecule has 10 heteroatoms. The van der Waals surface area contributed by atoms with E-state index in [0.717, 1.165) is 24.3 Å². The summed E-state index contributed by atoms with van der Waals surface area (Å²) in [5.41, 5.74) is -0.965. The first-order valence-corrected chi connectivity index (χ1v) is 7.88. The molecule has 9 nitrogen and oxygen atoms in total. The molecule has 0 saturated heterocycles. The highest BCUT2D eigenvalue weighted by molar-refractivity contribution is 6.04. The number of ether oxygens (including phenoxy) is 1. The molecule has 2 aromatic carbocycles. The predicted octanol–water partition coefficient (Wildman–Crippen LogP) is 2.37. The van der Waals surface area contributed by atoms with E-state index in [0.29, 0.717) is 10.9 Å². The number of halogens is 1. The van der Waals surface area contributed by atoms with Crippen molar-refractivity contribution in [2.75, 3.05) is 11.9 Å². The van der Waals surface area contributed by atoms with Crippen LogP contribution >= 0.6 is 0 Å². The van der Waals surface area contributed by atoms with Gasteiger partial charge in [0.2, 0.25) is 5.56 Å². The van der Waals surface area contributed by atoms with Gasteiger partial charge in [0, 0.05) is 29.1 Å². The van der Waals surface area contributed by atoms with Gasteiger partial charge in [0.25, 0.3) is 11.6 Å². The number of aromatic nitrogens is 1. The number of amides is 1. The van der Waals surface area contributed by atoms with Crippen molar-refractivity contribution in [2.45, 2.75) is 0 Å². The number of anilines is 1. The van der Waals surface area contributed by atoms with Crippen molar-refractivity contribution in [2.24, 2.45) is 0 Å². The number of aromatic amines is 1. The number of nitro groups is 1. The van der Waals surface area contributed by atoms with Crippen LogP contribution in [0, 0.1) is 15.9 Å². The number of non-ortho nitro benzene ring substituents is 1. The van der Waals surface area contributed by atoms with Gasteiger partial charge in [-0.2, -0.15) is 0 Å². The minimum Gasteiger partial charge on any atom is -0.452 e. The summed E-state index contributed by atoms with van der Waals surface area (Å²) in [6.07, 6.45) is 0. The first-order chi connectivity index (χ1) is 13.3. The maximum Gasteiger partial charge on any atom is 0.339 e. The standard InChI is InChI=1S/C18H12FN3O6/c19-13-6-5-10(22(26)27)7-15(13)21-17(24)9-28-18(25)12-8-16(23)20-14-4-2-1-3-11(12)14/h1-8H,9H2,(H,20,23)(H,21,24). The number of rotatable bonds is 5. The molecule has 3 aromatic rings. The van der Waals surface area contributed by atoms with Crippen LogP contribution in [0.3, 0.4) is 0 Å². The van der Waals surface area contributed by atoms with Gasteiger partial charge in [-0.3, -0.25) is 19.7 Å². The average Bonchev–Trinajstić information content (AvgIpc) is 2.67. The van der Waals surface area contributed by atoms with E-state index in [1.165, 1.54) is 0 Å². The van der Waals surface area contributed by atoms with Gasteiger partial charge in [0.1, 0.15) is 5.82 Å². The zero-order chi connectivity index (χ0) is 20.3. The van der Waals surface area contributed by atoms with Crippen LogP contribution in [0.2, 0.25) is 0 Å². The molecule has 0 radical (unpaired) electrons. The second kappa shape index (κ2) is 7.66. The Balaban J connectivity index is 1.72. The van der Waals surface area contributed by atoms with Crippen molar-refractivity contribution in [3.63, 3.8) is 0 Å². The second-order valence-corrected chi connectivity index (χ2v) is 5.64. The number of nitro benzene ring substituents is 1. The van der Waals surface area contributed by atoms with Gasteiger partial charge >= 0.3 is 5.97 Å². The monoisotopic (exact) mass is 385 g/mol. The molecule has 1 heterocycles. The summed E-state index contributed by atoms with van der Waals surface area (Å²) in [6, 6.07) is 10.2. The lowest BCUT2D eigenvalue weighted by Gasteiger charge is -2.08. The molecule has 0 aliphatic rings. The Hall–Kier alpha value is -4.08. The molecule has 1 aromatic heterocycles. The summed E-state index contributed by atoms with van der Waals surface area (Å²) in [6.45, 7) is -0.776. The number of carbonyl (C=O) groups excluding carboxylic acids is 2. The lowest BCUT2D eigenvalue weighted by molar-refractivity contribution is -0.384. The number of para-hydroxylation sites is 1. The molecule has 0 aliphatic carbocycles. The molecule has 0 bridgehead atoms. The van der Waals surface area contributed by atoms with E-state index in [1.807, 2.05) is 0 Å². The molecule has 2 N–H and O–H groups in total. The Morgan fingerprint density at radius 3 is 2.68 bits per heavy atom. The summed E-state index contributed by atoms with van der Waals surface area (Å²) >= 11 is 0. The Bertz CT molecular complexity index is 1160. The maximum absolute atomic E-state index is 13.7. The molecule has 0 atom stereocenters. The van der Waals surface area contributed by atoms with Crippen LogP contribution < -0.4 is 10.9 Å². The van der Waals surface area contributed by atoms with Crippen molar-refractivity contribution in [1.29, 1.82) is 0 Å². The summed E-state index contributed by atoms with van der Waals surface area (Å²) in [4.78, 5) is 48.4. The largest absolute Gasteiger partial charge is 0.452 e. The van der Waals surface area contributed by atoms with E-state index >= 15 is 0 Å². The van der Waals surface area contributed by atoms with Gasteiger partial charge in [-0.25, -0.2) is 9.18 Å². The number of esters is 1. The van der Waals surface area contributed by atoms with Crippen molar-refractivity contribution in [3.8, 4) is 0 Å². The van der Waals surface area contributed by atoms with Gasteiger partial charge in [-0.1, -0.05) is 18.2 Å². The van der Waals surface area contributed by atoms with Crippen molar-refractivity contribution in [1.82, 2.24) is 4.98 Å². The average molecular weight is 385 g/mol. The molecule has 142 valence electrons. The van der Waals surface area contributed by atoms with Crippen LogP contribution in [-0.4, -0.2) is 28.4 Å². The lowest BCUT2D eigenvalue weighted by atomic mass is 10.1. The highest BCUT2D eigenvalue weighted by atomic mass is 19.1. The van der Waals surface area contributed by atoms with E-state index in [2.05, 4.69) is 10.3 Å². The minimum absolute atomic E-state index is 0.0336. The van der Waals surface area contributed by atoms with Crippen LogP contribution in [0.25, 0.3) is 10.9 Å². The van der Waals surface area contributed by atoms with Crippen LogP contribution in [0.4, 0.5) is 15.8 Å².